The first-order valence-corrected chi connectivity index (χ1v) is 23.0. The highest BCUT2D eigenvalue weighted by Crippen LogP contribution is 2.50. The van der Waals surface area contributed by atoms with Gasteiger partial charge in [-0.1, -0.05) is 10.1 Å². The smallest absolute Gasteiger partial charge is 0.397 e. The monoisotopic (exact) mass is 963 g/mol. The summed E-state index contributed by atoms with van der Waals surface area (Å²) in [7, 11) is -16.2. The Balaban J connectivity index is 1.87. The van der Waals surface area contributed by atoms with Gasteiger partial charge in [0, 0.05) is 0 Å². The maximum atomic E-state index is 13.0. The lowest BCUT2D eigenvalue weighted by molar-refractivity contribution is -0.434. The number of nitrogens with two attached hydrogens (primary N) is 1. The van der Waals surface area contributed by atoms with E-state index in [9.17, 15) is 43.3 Å². The van der Waals surface area contributed by atoms with Crippen LogP contribution in [0.3, 0.4) is 0 Å². The highest BCUT2D eigenvalue weighted by molar-refractivity contribution is 7.94. The van der Waals surface area contributed by atoms with Gasteiger partial charge in [0.2, 0.25) is 0 Å². The first kappa shape index (κ1) is 48.3. The van der Waals surface area contributed by atoms with Crippen molar-refractivity contribution in [3.63, 3.8) is 0 Å². The molecule has 0 spiro atoms. The first-order valence-electron chi connectivity index (χ1n) is 15.4. The third-order valence-electron chi connectivity index (χ3n) is 7.41. The van der Waals surface area contributed by atoms with Crippen molar-refractivity contribution in [2.75, 3.05) is 44.7 Å². The number of hydrogen-bond donors (Lipinski definition) is 6. The van der Waals surface area contributed by atoms with Gasteiger partial charge in [-0.3, -0.25) is 13.3 Å². The number of nitrogen functional groups attached to an aromatic ring is 1. The molecule has 4 aromatic rings. The number of sulfone groups is 2. The van der Waals surface area contributed by atoms with Crippen molar-refractivity contribution in [2.45, 2.75) is 19.6 Å². The fraction of sp³-hybridized carbons (Fsp3) is 0.214. The zero-order valence-corrected chi connectivity index (χ0v) is 34.9. The van der Waals surface area contributed by atoms with Gasteiger partial charge < -0.3 is 20.3 Å². The van der Waals surface area contributed by atoms with Gasteiger partial charge in [-0.25, -0.2) is 31.5 Å². The van der Waals surface area contributed by atoms with Crippen LogP contribution in [-0.2, 0) is 67.3 Å². The number of methoxy groups -OCH3 is 2. The standard InChI is InChI=1S/C28H29N5O21S6/c1-47-20-5-3-16(57(37,38)9-7-49-56-54-52-36)13-18(20)30-32-26-22(55-53-51-35)11-15-12-23(59(41,42)43)27(25(29)24(15)28(26)34)33-31-19-14-17(4-6-21(19)48-2)58(39,40)10-8-50-60(44,45)46/h3-6,11-14,34-36H,7-10,29H2,1-2H3,(H,41,42,43)(H,44,45,46). The Hall–Kier alpha value is -4.36. The zero-order chi connectivity index (χ0) is 44.5. The Labute approximate surface area is 347 Å². The van der Waals surface area contributed by atoms with Crippen molar-refractivity contribution in [1.82, 2.24) is 0 Å². The van der Waals surface area contributed by atoms with Crippen LogP contribution in [-0.4, -0.2) is 97.3 Å². The molecule has 4 aromatic carbocycles. The van der Waals surface area contributed by atoms with Gasteiger partial charge >= 0.3 is 10.4 Å². The average molecular weight is 964 g/mol. The fourth-order valence-corrected chi connectivity index (χ4v) is 8.90. The minimum Gasteiger partial charge on any atom is -0.505 e. The van der Waals surface area contributed by atoms with Crippen molar-refractivity contribution in [3.05, 3.63) is 48.5 Å². The van der Waals surface area contributed by atoms with E-state index in [2.05, 4.69) is 43.4 Å². The Morgan fingerprint density at radius 2 is 1.23 bits per heavy atom. The number of hydrogen-bond acceptors (Lipinski definition) is 26. The van der Waals surface area contributed by atoms with E-state index >= 15 is 0 Å². The van der Waals surface area contributed by atoms with Gasteiger partial charge in [0.25, 0.3) is 10.1 Å². The van der Waals surface area contributed by atoms with Crippen LogP contribution < -0.4 is 15.2 Å². The van der Waals surface area contributed by atoms with Crippen LogP contribution in [0.4, 0.5) is 28.4 Å². The molecule has 0 bridgehead atoms. The molecule has 0 amide bonds. The van der Waals surface area contributed by atoms with Crippen molar-refractivity contribution in [2.24, 2.45) is 20.5 Å². The lowest BCUT2D eigenvalue weighted by Gasteiger charge is -2.14. The Kier molecular flexibility index (Phi) is 16.5. The van der Waals surface area contributed by atoms with Gasteiger partial charge in [0.05, 0.1) is 76.7 Å². The van der Waals surface area contributed by atoms with Crippen LogP contribution in [0.15, 0.2) is 88.6 Å². The van der Waals surface area contributed by atoms with Crippen molar-refractivity contribution < 1.29 is 95.0 Å². The van der Waals surface area contributed by atoms with E-state index in [1.165, 1.54) is 26.4 Å². The molecule has 0 fully saturated rings. The topological polar surface area (TPSA) is 387 Å². The molecular weight excluding hydrogens is 935 g/mol. The third-order valence-corrected chi connectivity index (χ3v) is 13.1. The molecule has 7 N–H and O–H groups in total. The number of rotatable bonds is 22. The van der Waals surface area contributed by atoms with E-state index in [1.54, 1.807) is 0 Å². The van der Waals surface area contributed by atoms with E-state index < -0.39 is 103 Å². The van der Waals surface area contributed by atoms with Gasteiger partial charge in [0.1, 0.15) is 39.1 Å². The SMILES string of the molecule is COc1ccc(S(=O)(=O)CCOS(=O)(=O)O)cc1N=Nc1c(S(=O)(=O)O)cc2cc(SOOO)c(N=Nc3cc(S(=O)(=O)CCOSOOO)ccc3OC)c(O)c2c1N. The summed E-state index contributed by atoms with van der Waals surface area (Å²) in [5.74, 6) is -2.51. The maximum Gasteiger partial charge on any atom is 0.397 e. The molecule has 0 aliphatic carbocycles. The number of aromatic hydroxyl groups is 1. The van der Waals surface area contributed by atoms with Crippen molar-refractivity contribution in [3.8, 4) is 17.2 Å². The van der Waals surface area contributed by atoms with Crippen LogP contribution in [0.1, 0.15) is 0 Å². The highest BCUT2D eigenvalue weighted by atomic mass is 32.3. The van der Waals surface area contributed by atoms with Crippen LogP contribution in [0, 0.1) is 0 Å². The molecule has 0 saturated carbocycles. The molecule has 0 aliphatic rings. The van der Waals surface area contributed by atoms with E-state index in [0.717, 1.165) is 36.4 Å². The second-order valence-electron chi connectivity index (χ2n) is 11.0. The number of phenols is 1. The van der Waals surface area contributed by atoms with Crippen molar-refractivity contribution in [1.29, 1.82) is 0 Å². The van der Waals surface area contributed by atoms with Crippen LogP contribution in [0.5, 0.6) is 17.2 Å². The fourth-order valence-electron chi connectivity index (χ4n) is 4.81. The zero-order valence-electron chi connectivity index (χ0n) is 30.0. The summed E-state index contributed by atoms with van der Waals surface area (Å²) >= 11 is 0.378. The van der Waals surface area contributed by atoms with Gasteiger partial charge in [-0.2, -0.15) is 16.8 Å². The molecule has 0 saturated heterocycles. The number of nitrogens with zero attached hydrogens (tertiary/aromatic N) is 4. The summed E-state index contributed by atoms with van der Waals surface area (Å²) in [5, 5.41) is 50.7. The second-order valence-corrected chi connectivity index (χ2v) is 18.9. The Morgan fingerprint density at radius 3 is 1.73 bits per heavy atom. The molecular formula is C28H29N5O21S6. The van der Waals surface area contributed by atoms with Crippen LogP contribution in [0.25, 0.3) is 10.8 Å². The normalized spacial score (nSPS) is 12.8. The largest absolute Gasteiger partial charge is 0.505 e. The average Bonchev–Trinajstić information content (AvgIpc) is 3.17. The molecule has 4 rings (SSSR count). The van der Waals surface area contributed by atoms with E-state index in [-0.39, 0.29) is 62.4 Å². The van der Waals surface area contributed by atoms with E-state index in [4.69, 9.17) is 34.5 Å². The highest BCUT2D eigenvalue weighted by Gasteiger charge is 2.26. The number of azo groups is 2. The quantitative estimate of drug-likeness (QED) is 0.0114. The minimum atomic E-state index is -5.22. The van der Waals surface area contributed by atoms with Crippen LogP contribution in [0.2, 0.25) is 0 Å². The molecule has 0 unspecified atom stereocenters. The molecule has 60 heavy (non-hydrogen) atoms. The predicted molar refractivity (Wildman–Crippen MR) is 205 cm³/mol. The van der Waals surface area contributed by atoms with E-state index in [1.807, 2.05) is 0 Å². The van der Waals surface area contributed by atoms with E-state index in [0.29, 0.717) is 0 Å². The van der Waals surface area contributed by atoms with Gasteiger partial charge in [-0.05, 0) is 53.9 Å². The van der Waals surface area contributed by atoms with Gasteiger partial charge in [0.15, 0.2) is 37.7 Å². The summed E-state index contributed by atoms with van der Waals surface area (Å²) < 4.78 is 145. The maximum absolute atomic E-state index is 13.0. The Bertz CT molecular complexity index is 2740. The number of ether oxygens (including phenoxy) is 2. The molecule has 0 heterocycles. The molecule has 0 atom stereocenters. The summed E-state index contributed by atoms with van der Waals surface area (Å²) in [4.78, 5) is -1.99. The molecule has 0 aliphatic heterocycles. The van der Waals surface area contributed by atoms with Crippen molar-refractivity contribution >= 4 is 104 Å². The number of phenolic OH excluding ortho intramolecular Hbond substituents is 1. The first-order chi connectivity index (χ1) is 28.2. The molecule has 0 radical (unpaired) electrons. The molecule has 0 aromatic heterocycles. The van der Waals surface area contributed by atoms with Gasteiger partial charge in [-0.15, -0.1) is 29.1 Å². The summed E-state index contributed by atoms with van der Waals surface area (Å²) in [6, 6.07) is 8.47. The number of benzene rings is 4. The lowest BCUT2D eigenvalue weighted by atomic mass is 10.1. The molecule has 26 nitrogen and oxygen atoms in total. The number of fused-ring (bicyclic) bond motifs is 1. The third kappa shape index (κ3) is 12.4. The molecule has 32 heteroatoms. The summed E-state index contributed by atoms with van der Waals surface area (Å²) in [6.07, 6.45) is 0. The second kappa shape index (κ2) is 20.5. The Morgan fingerprint density at radius 1 is 0.700 bits per heavy atom. The molecule has 328 valence electrons. The summed E-state index contributed by atoms with van der Waals surface area (Å²) in [6.45, 7) is -1.38. The lowest BCUT2D eigenvalue weighted by Crippen LogP contribution is -2.15. The number of anilines is 1. The van der Waals surface area contributed by atoms with Crippen LogP contribution >= 0.6 is 24.4 Å². The predicted octanol–water partition coefficient (Wildman–Crippen LogP) is 5.02. The minimum absolute atomic E-state index is 0.0128. The summed E-state index contributed by atoms with van der Waals surface area (Å²) in [5.41, 5.74) is 3.79.